The molecule has 2 rings (SSSR count). The van der Waals surface area contributed by atoms with Crippen LogP contribution in [0.3, 0.4) is 0 Å². The number of halogens is 4. The number of hydrogen-bond donors (Lipinski definition) is 2. The van der Waals surface area contributed by atoms with Gasteiger partial charge in [-0.3, -0.25) is 4.79 Å². The molecule has 2 N–H and O–H groups in total. The molecule has 1 saturated heterocycles. The molecule has 0 atom stereocenters. The molecule has 1 heterocycles. The Labute approximate surface area is 93.6 Å². The van der Waals surface area contributed by atoms with E-state index >= 15 is 0 Å². The van der Waals surface area contributed by atoms with Gasteiger partial charge in [0.25, 0.3) is 5.24 Å². The maximum absolute atomic E-state index is 12.6. The van der Waals surface area contributed by atoms with Gasteiger partial charge < -0.3 is 0 Å². The SMILES string of the molecule is O=C(Cl)c1ccc(C2(C(F)(F)F)NN2)cc1. The molecule has 0 amide bonds. The van der Waals surface area contributed by atoms with Crippen LogP contribution in [0.25, 0.3) is 0 Å². The molecular weight excluding hydrogens is 245 g/mol. The summed E-state index contributed by atoms with van der Waals surface area (Å²) >= 11 is 5.18. The second kappa shape index (κ2) is 3.44. The van der Waals surface area contributed by atoms with E-state index in [1.165, 1.54) is 24.3 Å². The Morgan fingerprint density at radius 1 is 1.19 bits per heavy atom. The van der Waals surface area contributed by atoms with Crippen LogP contribution in [0.2, 0.25) is 0 Å². The smallest absolute Gasteiger partial charge is 0.276 e. The van der Waals surface area contributed by atoms with Gasteiger partial charge in [0.1, 0.15) is 0 Å². The molecule has 16 heavy (non-hydrogen) atoms. The summed E-state index contributed by atoms with van der Waals surface area (Å²) < 4.78 is 37.9. The zero-order valence-electron chi connectivity index (χ0n) is 7.73. The van der Waals surface area contributed by atoms with Crippen LogP contribution in [0.5, 0.6) is 0 Å². The molecule has 7 heteroatoms. The van der Waals surface area contributed by atoms with Crippen molar-refractivity contribution in [2.24, 2.45) is 0 Å². The van der Waals surface area contributed by atoms with Crippen LogP contribution in [0, 0.1) is 0 Å². The third kappa shape index (κ3) is 1.68. The second-order valence-corrected chi connectivity index (χ2v) is 3.69. The fraction of sp³-hybridized carbons (Fsp3) is 0.222. The van der Waals surface area contributed by atoms with Gasteiger partial charge in [0, 0.05) is 5.56 Å². The fourth-order valence-electron chi connectivity index (χ4n) is 1.36. The van der Waals surface area contributed by atoms with Crippen molar-refractivity contribution >= 4 is 16.8 Å². The molecule has 0 aliphatic carbocycles. The van der Waals surface area contributed by atoms with Gasteiger partial charge in [-0.15, -0.1) is 0 Å². The van der Waals surface area contributed by atoms with E-state index in [-0.39, 0.29) is 11.1 Å². The summed E-state index contributed by atoms with van der Waals surface area (Å²) in [5.74, 6) is 0. The average molecular weight is 251 g/mol. The van der Waals surface area contributed by atoms with Gasteiger partial charge >= 0.3 is 6.18 Å². The lowest BCUT2D eigenvalue weighted by molar-refractivity contribution is -0.165. The normalized spacial score (nSPS) is 18.2. The van der Waals surface area contributed by atoms with Crippen LogP contribution >= 0.6 is 11.6 Å². The zero-order chi connectivity index (χ0) is 12.0. The van der Waals surface area contributed by atoms with Gasteiger partial charge in [0.2, 0.25) is 5.66 Å². The van der Waals surface area contributed by atoms with Gasteiger partial charge in [0.05, 0.1) is 0 Å². The first kappa shape index (κ1) is 11.4. The first-order chi connectivity index (χ1) is 7.37. The molecule has 86 valence electrons. The van der Waals surface area contributed by atoms with E-state index in [2.05, 4.69) is 10.9 Å². The fourth-order valence-corrected chi connectivity index (χ4v) is 1.49. The van der Waals surface area contributed by atoms with E-state index in [0.717, 1.165) is 0 Å². The van der Waals surface area contributed by atoms with Crippen LogP contribution in [0.4, 0.5) is 13.2 Å². The average Bonchev–Trinajstić information content (AvgIpc) is 2.97. The van der Waals surface area contributed by atoms with E-state index in [1.807, 2.05) is 0 Å². The lowest BCUT2D eigenvalue weighted by Crippen LogP contribution is -2.34. The molecule has 1 aromatic rings. The topological polar surface area (TPSA) is 61.0 Å². The number of alkyl halides is 3. The van der Waals surface area contributed by atoms with Crippen LogP contribution in [-0.2, 0) is 5.66 Å². The molecular formula is C9H6ClF3N2O. The zero-order valence-corrected chi connectivity index (χ0v) is 8.49. The molecule has 0 unspecified atom stereocenters. The lowest BCUT2D eigenvalue weighted by atomic mass is 10.0. The highest BCUT2D eigenvalue weighted by Crippen LogP contribution is 2.41. The van der Waals surface area contributed by atoms with Crippen molar-refractivity contribution in [3.05, 3.63) is 35.4 Å². The summed E-state index contributed by atoms with van der Waals surface area (Å²) in [6.07, 6.45) is -4.44. The van der Waals surface area contributed by atoms with E-state index < -0.39 is 17.1 Å². The van der Waals surface area contributed by atoms with Crippen LogP contribution in [-0.4, -0.2) is 11.4 Å². The van der Waals surface area contributed by atoms with Gasteiger partial charge in [-0.1, -0.05) is 12.1 Å². The first-order valence-corrected chi connectivity index (χ1v) is 4.66. The van der Waals surface area contributed by atoms with Crippen LogP contribution in [0.1, 0.15) is 15.9 Å². The predicted molar refractivity (Wildman–Crippen MR) is 50.6 cm³/mol. The van der Waals surface area contributed by atoms with E-state index in [0.29, 0.717) is 0 Å². The minimum absolute atomic E-state index is 0.0123. The number of nitrogens with one attached hydrogen (secondary N) is 2. The van der Waals surface area contributed by atoms with Crippen molar-refractivity contribution in [2.45, 2.75) is 11.8 Å². The Morgan fingerprint density at radius 3 is 2.00 bits per heavy atom. The standard InChI is InChI=1S/C9H6ClF3N2O/c10-7(16)5-1-3-6(4-2-5)8(14-15-8)9(11,12)13/h1-4,14-15H. The molecule has 0 radical (unpaired) electrons. The van der Waals surface area contributed by atoms with E-state index in [1.54, 1.807) is 0 Å². The number of carbonyl (C=O) groups excluding carboxylic acids is 1. The van der Waals surface area contributed by atoms with Gasteiger partial charge in [-0.25, -0.2) is 10.9 Å². The Kier molecular flexibility index (Phi) is 2.45. The highest BCUT2D eigenvalue weighted by Gasteiger charge is 2.65. The molecule has 1 aliphatic rings. The first-order valence-electron chi connectivity index (χ1n) is 4.28. The highest BCUT2D eigenvalue weighted by atomic mass is 35.5. The van der Waals surface area contributed by atoms with Gasteiger partial charge in [-0.05, 0) is 29.3 Å². The Hall–Kier alpha value is -1.11. The van der Waals surface area contributed by atoms with Crippen molar-refractivity contribution in [1.29, 1.82) is 0 Å². The Morgan fingerprint density at radius 2 is 1.69 bits per heavy atom. The summed E-state index contributed by atoms with van der Waals surface area (Å²) in [7, 11) is 0. The number of carbonyl (C=O) groups is 1. The van der Waals surface area contributed by atoms with Crippen molar-refractivity contribution in [1.82, 2.24) is 10.9 Å². The largest absolute Gasteiger partial charge is 0.426 e. The van der Waals surface area contributed by atoms with E-state index in [4.69, 9.17) is 11.6 Å². The van der Waals surface area contributed by atoms with Crippen LogP contribution < -0.4 is 10.9 Å². The number of hydrogen-bond acceptors (Lipinski definition) is 3. The number of benzene rings is 1. The maximum atomic E-state index is 12.6. The molecule has 0 saturated carbocycles. The van der Waals surface area contributed by atoms with Crippen molar-refractivity contribution in [3.8, 4) is 0 Å². The summed E-state index contributed by atoms with van der Waals surface area (Å²) in [6.45, 7) is 0. The minimum atomic E-state index is -4.44. The monoisotopic (exact) mass is 250 g/mol. The molecule has 0 spiro atoms. The Bertz CT molecular complexity index is 425. The van der Waals surface area contributed by atoms with Crippen molar-refractivity contribution < 1.29 is 18.0 Å². The maximum Gasteiger partial charge on any atom is 0.426 e. The third-order valence-corrected chi connectivity index (χ3v) is 2.56. The summed E-state index contributed by atoms with van der Waals surface area (Å²) in [5.41, 5.74) is 2.07. The predicted octanol–water partition coefficient (Wildman–Crippen LogP) is 1.89. The van der Waals surface area contributed by atoms with Gasteiger partial charge in [0.15, 0.2) is 0 Å². The molecule has 0 bridgehead atoms. The summed E-state index contributed by atoms with van der Waals surface area (Å²) in [6, 6.07) is 4.91. The quantitative estimate of drug-likeness (QED) is 0.622. The molecule has 3 nitrogen and oxygen atoms in total. The van der Waals surface area contributed by atoms with Crippen LogP contribution in [0.15, 0.2) is 24.3 Å². The van der Waals surface area contributed by atoms with Crippen molar-refractivity contribution in [3.63, 3.8) is 0 Å². The highest BCUT2D eigenvalue weighted by molar-refractivity contribution is 6.67. The Balaban J connectivity index is 2.33. The third-order valence-electron chi connectivity index (χ3n) is 2.35. The van der Waals surface area contributed by atoms with E-state index in [9.17, 15) is 18.0 Å². The number of rotatable bonds is 2. The van der Waals surface area contributed by atoms with Gasteiger partial charge in [-0.2, -0.15) is 13.2 Å². The lowest BCUT2D eigenvalue weighted by Gasteiger charge is -2.16. The number of hydrazine groups is 1. The molecule has 1 aliphatic heterocycles. The molecule has 1 aromatic carbocycles. The molecule has 1 fully saturated rings. The minimum Gasteiger partial charge on any atom is -0.276 e. The summed E-state index contributed by atoms with van der Waals surface area (Å²) in [4.78, 5) is 10.7. The van der Waals surface area contributed by atoms with Crippen molar-refractivity contribution in [2.75, 3.05) is 0 Å². The molecule has 0 aromatic heterocycles. The summed E-state index contributed by atoms with van der Waals surface area (Å²) in [5, 5.41) is -0.704. The second-order valence-electron chi connectivity index (χ2n) is 3.35.